The zero-order chi connectivity index (χ0) is 15.8. The van der Waals surface area contributed by atoms with Crippen molar-refractivity contribution in [2.45, 2.75) is 32.2 Å². The summed E-state index contributed by atoms with van der Waals surface area (Å²) in [4.78, 5) is 22.9. The molecular weight excluding hydrogens is 288 g/mol. The van der Waals surface area contributed by atoms with E-state index < -0.39 is 18.0 Å². The standard InChI is InChI=1S/C15H22N2O3S/c1-10(2)11-4-6-12(7-5-11)16-15(20)17-13(14(18)19)8-9-21-3/h4-7,10,13H,8-9H2,1-3H3,(H,18,19)(H2,16,17,20)/t13-/m0/s1. The van der Waals surface area contributed by atoms with Gasteiger partial charge in [0.05, 0.1) is 0 Å². The molecule has 0 fully saturated rings. The Hall–Kier alpha value is -1.69. The predicted octanol–water partition coefficient (Wildman–Crippen LogP) is 3.14. The maximum atomic E-state index is 11.8. The fourth-order valence-electron chi connectivity index (χ4n) is 1.77. The van der Waals surface area contributed by atoms with Crippen molar-refractivity contribution in [1.82, 2.24) is 5.32 Å². The molecule has 1 atom stereocenters. The van der Waals surface area contributed by atoms with E-state index >= 15 is 0 Å². The summed E-state index contributed by atoms with van der Waals surface area (Å²) >= 11 is 1.55. The van der Waals surface area contributed by atoms with Crippen molar-refractivity contribution in [2.24, 2.45) is 0 Å². The Kier molecular flexibility index (Phi) is 7.08. The van der Waals surface area contributed by atoms with Crippen LogP contribution < -0.4 is 10.6 Å². The number of nitrogens with one attached hydrogen (secondary N) is 2. The van der Waals surface area contributed by atoms with Crippen LogP contribution in [0.4, 0.5) is 10.5 Å². The van der Waals surface area contributed by atoms with Crippen molar-refractivity contribution in [3.8, 4) is 0 Å². The van der Waals surface area contributed by atoms with Crippen LogP contribution in [0.25, 0.3) is 0 Å². The van der Waals surface area contributed by atoms with Crippen LogP contribution in [0.2, 0.25) is 0 Å². The summed E-state index contributed by atoms with van der Waals surface area (Å²) in [7, 11) is 0. The maximum absolute atomic E-state index is 11.8. The Bertz CT molecular complexity index is 474. The molecule has 5 nitrogen and oxygen atoms in total. The highest BCUT2D eigenvalue weighted by molar-refractivity contribution is 7.98. The minimum absolute atomic E-state index is 0.399. The number of carboxylic acids is 1. The van der Waals surface area contributed by atoms with Gasteiger partial charge in [0.1, 0.15) is 6.04 Å². The zero-order valence-corrected chi connectivity index (χ0v) is 13.4. The molecule has 21 heavy (non-hydrogen) atoms. The lowest BCUT2D eigenvalue weighted by Crippen LogP contribution is -2.43. The van der Waals surface area contributed by atoms with Gasteiger partial charge in [-0.2, -0.15) is 11.8 Å². The van der Waals surface area contributed by atoms with Gasteiger partial charge in [-0.15, -0.1) is 0 Å². The van der Waals surface area contributed by atoms with E-state index in [4.69, 9.17) is 5.11 Å². The smallest absolute Gasteiger partial charge is 0.326 e. The second-order valence-corrected chi connectivity index (χ2v) is 6.03. The van der Waals surface area contributed by atoms with Gasteiger partial charge in [0.25, 0.3) is 0 Å². The first-order chi connectivity index (χ1) is 9.93. The third kappa shape index (κ3) is 6.08. The van der Waals surface area contributed by atoms with Crippen LogP contribution in [0.15, 0.2) is 24.3 Å². The van der Waals surface area contributed by atoms with E-state index in [1.54, 1.807) is 11.8 Å². The fraction of sp³-hybridized carbons (Fsp3) is 0.467. The normalized spacial score (nSPS) is 12.0. The van der Waals surface area contributed by atoms with Crippen molar-refractivity contribution < 1.29 is 14.7 Å². The van der Waals surface area contributed by atoms with Crippen molar-refractivity contribution in [3.05, 3.63) is 29.8 Å². The van der Waals surface area contributed by atoms with E-state index in [1.807, 2.05) is 30.5 Å². The molecule has 116 valence electrons. The molecular formula is C15H22N2O3S. The quantitative estimate of drug-likeness (QED) is 0.723. The van der Waals surface area contributed by atoms with E-state index in [2.05, 4.69) is 24.5 Å². The first kappa shape index (κ1) is 17.4. The Morgan fingerprint density at radius 2 is 1.86 bits per heavy atom. The summed E-state index contributed by atoms with van der Waals surface area (Å²) in [6.45, 7) is 4.19. The number of hydrogen-bond donors (Lipinski definition) is 3. The Labute approximate surface area is 129 Å². The highest BCUT2D eigenvalue weighted by atomic mass is 32.2. The van der Waals surface area contributed by atoms with Crippen LogP contribution in [0, 0.1) is 0 Å². The molecule has 1 aromatic carbocycles. The van der Waals surface area contributed by atoms with Gasteiger partial charge in [0.15, 0.2) is 0 Å². The third-order valence-corrected chi connectivity index (χ3v) is 3.69. The summed E-state index contributed by atoms with van der Waals surface area (Å²) in [5.74, 6) is 0.0884. The molecule has 0 aliphatic rings. The van der Waals surface area contributed by atoms with Crippen molar-refractivity contribution >= 4 is 29.4 Å². The highest BCUT2D eigenvalue weighted by Gasteiger charge is 2.19. The average Bonchev–Trinajstić information content (AvgIpc) is 2.43. The SMILES string of the molecule is CSCC[C@H](NC(=O)Nc1ccc(C(C)C)cc1)C(=O)O. The van der Waals surface area contributed by atoms with Crippen LogP contribution in [0.1, 0.15) is 31.7 Å². The first-order valence-corrected chi connectivity index (χ1v) is 8.22. The number of thioether (sulfide) groups is 1. The number of aliphatic carboxylic acids is 1. The number of urea groups is 1. The van der Waals surface area contributed by atoms with E-state index in [0.717, 1.165) is 0 Å². The molecule has 0 aliphatic carbocycles. The molecule has 3 N–H and O–H groups in total. The number of benzene rings is 1. The van der Waals surface area contributed by atoms with Crippen molar-refractivity contribution in [2.75, 3.05) is 17.3 Å². The third-order valence-electron chi connectivity index (χ3n) is 3.05. The van der Waals surface area contributed by atoms with E-state index in [-0.39, 0.29) is 0 Å². The van der Waals surface area contributed by atoms with Crippen LogP contribution in [-0.4, -0.2) is 35.2 Å². The molecule has 6 heteroatoms. The van der Waals surface area contributed by atoms with Gasteiger partial charge in [-0.1, -0.05) is 26.0 Å². The fourth-order valence-corrected chi connectivity index (χ4v) is 2.24. The molecule has 0 heterocycles. The lowest BCUT2D eigenvalue weighted by atomic mass is 10.0. The monoisotopic (exact) mass is 310 g/mol. The molecule has 0 spiro atoms. The van der Waals surface area contributed by atoms with E-state index in [1.165, 1.54) is 5.56 Å². The molecule has 0 unspecified atom stereocenters. The number of hydrogen-bond acceptors (Lipinski definition) is 3. The van der Waals surface area contributed by atoms with Gasteiger partial charge in [0, 0.05) is 5.69 Å². The second-order valence-electron chi connectivity index (χ2n) is 5.05. The number of carbonyl (C=O) groups excluding carboxylic acids is 1. The van der Waals surface area contributed by atoms with Gasteiger partial charge in [0.2, 0.25) is 0 Å². The van der Waals surface area contributed by atoms with E-state index in [9.17, 15) is 9.59 Å². The molecule has 0 radical (unpaired) electrons. The lowest BCUT2D eigenvalue weighted by Gasteiger charge is -2.15. The molecule has 1 aromatic rings. The van der Waals surface area contributed by atoms with Crippen LogP contribution in [0.5, 0.6) is 0 Å². The summed E-state index contributed by atoms with van der Waals surface area (Å²) in [6.07, 6.45) is 2.30. The largest absolute Gasteiger partial charge is 0.480 e. The molecule has 0 aliphatic heterocycles. The number of carboxylic acid groups (broad SMARTS) is 1. The van der Waals surface area contributed by atoms with Crippen LogP contribution >= 0.6 is 11.8 Å². The molecule has 1 rings (SSSR count). The topological polar surface area (TPSA) is 78.4 Å². The summed E-state index contributed by atoms with van der Waals surface area (Å²) in [6, 6.07) is 6.15. The van der Waals surface area contributed by atoms with Gasteiger partial charge >= 0.3 is 12.0 Å². The Morgan fingerprint density at radius 3 is 2.33 bits per heavy atom. The number of amides is 2. The van der Waals surface area contributed by atoms with Gasteiger partial charge in [-0.05, 0) is 42.0 Å². The van der Waals surface area contributed by atoms with Crippen LogP contribution in [-0.2, 0) is 4.79 Å². The van der Waals surface area contributed by atoms with Gasteiger partial charge in [-0.25, -0.2) is 9.59 Å². The van der Waals surface area contributed by atoms with Crippen molar-refractivity contribution in [1.29, 1.82) is 0 Å². The number of rotatable bonds is 7. The molecule has 0 aromatic heterocycles. The molecule has 0 bridgehead atoms. The molecule has 0 saturated carbocycles. The van der Waals surface area contributed by atoms with E-state index in [0.29, 0.717) is 23.8 Å². The van der Waals surface area contributed by atoms with Gasteiger partial charge < -0.3 is 15.7 Å². The first-order valence-electron chi connectivity index (χ1n) is 6.83. The summed E-state index contributed by atoms with van der Waals surface area (Å²) < 4.78 is 0. The Balaban J connectivity index is 2.57. The predicted molar refractivity (Wildman–Crippen MR) is 87.1 cm³/mol. The Morgan fingerprint density at radius 1 is 1.24 bits per heavy atom. The lowest BCUT2D eigenvalue weighted by molar-refractivity contribution is -0.139. The zero-order valence-electron chi connectivity index (χ0n) is 12.6. The average molecular weight is 310 g/mol. The minimum atomic E-state index is -1.02. The van der Waals surface area contributed by atoms with Gasteiger partial charge in [-0.3, -0.25) is 0 Å². The highest BCUT2D eigenvalue weighted by Crippen LogP contribution is 2.17. The van der Waals surface area contributed by atoms with Crippen LogP contribution in [0.3, 0.4) is 0 Å². The van der Waals surface area contributed by atoms with Crippen molar-refractivity contribution in [3.63, 3.8) is 0 Å². The number of carbonyl (C=O) groups is 2. The maximum Gasteiger partial charge on any atom is 0.326 e. The second kappa shape index (κ2) is 8.56. The molecule has 0 saturated heterocycles. The minimum Gasteiger partial charge on any atom is -0.480 e. The summed E-state index contributed by atoms with van der Waals surface area (Å²) in [5.41, 5.74) is 1.83. The summed E-state index contributed by atoms with van der Waals surface area (Å²) in [5, 5.41) is 14.2. The molecule has 2 amide bonds. The number of anilines is 1.